The average molecular weight is 160 g/mol. The van der Waals surface area contributed by atoms with E-state index in [1.165, 1.54) is 0 Å². The van der Waals surface area contributed by atoms with E-state index in [-0.39, 0.29) is 5.54 Å². The molecule has 0 radical (unpaired) electrons. The van der Waals surface area contributed by atoms with Crippen LogP contribution >= 0.6 is 0 Å². The summed E-state index contributed by atoms with van der Waals surface area (Å²) >= 11 is 0. The van der Waals surface area contributed by atoms with Gasteiger partial charge in [0.05, 0.1) is 12.1 Å². The van der Waals surface area contributed by atoms with Gasteiger partial charge < -0.3 is 15.8 Å². The Morgan fingerprint density at radius 1 is 1.55 bits per heavy atom. The number of ether oxygens (including phenoxy) is 1. The minimum atomic E-state index is -0.0804. The van der Waals surface area contributed by atoms with E-state index < -0.39 is 0 Å². The van der Waals surface area contributed by atoms with E-state index in [2.05, 4.69) is 26.1 Å². The van der Waals surface area contributed by atoms with Gasteiger partial charge in [0.2, 0.25) is 0 Å². The molecule has 0 saturated heterocycles. The van der Waals surface area contributed by atoms with Crippen molar-refractivity contribution < 1.29 is 4.74 Å². The van der Waals surface area contributed by atoms with Gasteiger partial charge in [0.25, 0.3) is 0 Å². The van der Waals surface area contributed by atoms with Crippen molar-refractivity contribution >= 4 is 0 Å². The molecule has 0 heterocycles. The van der Waals surface area contributed by atoms with E-state index in [1.807, 2.05) is 0 Å². The van der Waals surface area contributed by atoms with Gasteiger partial charge in [0.15, 0.2) is 0 Å². The number of hydrogen-bond donors (Lipinski definition) is 2. The monoisotopic (exact) mass is 160 g/mol. The summed E-state index contributed by atoms with van der Waals surface area (Å²) < 4.78 is 5.06. The summed E-state index contributed by atoms with van der Waals surface area (Å²) in [7, 11) is 1.69. The maximum Gasteiger partial charge on any atom is 0.0654 e. The molecule has 0 aromatic rings. The second kappa shape index (κ2) is 4.70. The van der Waals surface area contributed by atoms with Crippen molar-refractivity contribution in [2.24, 2.45) is 5.73 Å². The first-order valence-corrected chi connectivity index (χ1v) is 4.01. The second-order valence-electron chi connectivity index (χ2n) is 3.50. The Morgan fingerprint density at radius 2 is 2.09 bits per heavy atom. The molecule has 0 aliphatic heterocycles. The Balaban J connectivity index is 3.87. The highest BCUT2D eigenvalue weighted by Crippen LogP contribution is 2.02. The van der Waals surface area contributed by atoms with Crippen LogP contribution in [0.2, 0.25) is 0 Å². The highest BCUT2D eigenvalue weighted by molar-refractivity contribution is 4.85. The van der Waals surface area contributed by atoms with Gasteiger partial charge in [0, 0.05) is 19.7 Å². The zero-order chi connectivity index (χ0) is 8.91. The van der Waals surface area contributed by atoms with Crippen LogP contribution in [-0.2, 0) is 4.74 Å². The van der Waals surface area contributed by atoms with E-state index in [4.69, 9.17) is 10.5 Å². The van der Waals surface area contributed by atoms with Crippen molar-refractivity contribution in [1.82, 2.24) is 5.32 Å². The number of nitrogens with two attached hydrogens (primary N) is 1. The van der Waals surface area contributed by atoms with E-state index in [1.54, 1.807) is 7.11 Å². The number of nitrogens with one attached hydrogen (secondary N) is 1. The third kappa shape index (κ3) is 4.35. The predicted octanol–water partition coefficient (Wildman–Crippen LogP) is 0.348. The lowest BCUT2D eigenvalue weighted by Gasteiger charge is -2.30. The van der Waals surface area contributed by atoms with E-state index >= 15 is 0 Å². The van der Waals surface area contributed by atoms with Gasteiger partial charge in [-0.25, -0.2) is 0 Å². The van der Waals surface area contributed by atoms with Crippen LogP contribution in [0.1, 0.15) is 20.8 Å². The van der Waals surface area contributed by atoms with Gasteiger partial charge in [-0.1, -0.05) is 13.8 Å². The minimum Gasteiger partial charge on any atom is -0.383 e. The molecule has 0 aromatic heterocycles. The van der Waals surface area contributed by atoms with Crippen molar-refractivity contribution in [2.45, 2.75) is 32.4 Å². The van der Waals surface area contributed by atoms with Gasteiger partial charge in [-0.2, -0.15) is 0 Å². The van der Waals surface area contributed by atoms with Crippen molar-refractivity contribution in [3.8, 4) is 0 Å². The highest BCUT2D eigenvalue weighted by atomic mass is 16.5. The van der Waals surface area contributed by atoms with E-state index in [9.17, 15) is 0 Å². The van der Waals surface area contributed by atoms with Crippen LogP contribution in [0.5, 0.6) is 0 Å². The van der Waals surface area contributed by atoms with Gasteiger partial charge in [0.1, 0.15) is 0 Å². The third-order valence-corrected chi connectivity index (χ3v) is 1.55. The summed E-state index contributed by atoms with van der Waals surface area (Å²) in [5.74, 6) is 0. The predicted molar refractivity (Wildman–Crippen MR) is 47.6 cm³/mol. The summed E-state index contributed by atoms with van der Waals surface area (Å²) in [6.45, 7) is 7.52. The molecule has 1 atom stereocenters. The van der Waals surface area contributed by atoms with Crippen LogP contribution < -0.4 is 11.1 Å². The molecule has 1 unspecified atom stereocenters. The number of hydrogen-bond acceptors (Lipinski definition) is 3. The molecule has 3 nitrogen and oxygen atoms in total. The number of rotatable bonds is 5. The summed E-state index contributed by atoms with van der Waals surface area (Å²) in [6, 6.07) is 0.443. The molecule has 0 spiro atoms. The Hall–Kier alpha value is -0.120. The molecule has 0 rings (SSSR count). The van der Waals surface area contributed by atoms with Gasteiger partial charge in [-0.15, -0.1) is 0 Å². The summed E-state index contributed by atoms with van der Waals surface area (Å²) in [5.41, 5.74) is 5.52. The van der Waals surface area contributed by atoms with Gasteiger partial charge in [-0.05, 0) is 6.92 Å². The topological polar surface area (TPSA) is 47.3 Å². The summed E-state index contributed by atoms with van der Waals surface area (Å²) in [4.78, 5) is 0. The van der Waals surface area contributed by atoms with Crippen molar-refractivity contribution in [1.29, 1.82) is 0 Å². The molecule has 3 N–H and O–H groups in total. The molecule has 0 saturated carbocycles. The Labute approximate surface area is 69.3 Å². The molecular formula is C8H20N2O. The molecular weight excluding hydrogens is 140 g/mol. The quantitative estimate of drug-likeness (QED) is 0.610. The fraction of sp³-hybridized carbons (Fsp3) is 1.00. The highest BCUT2D eigenvalue weighted by Gasteiger charge is 2.22. The lowest BCUT2D eigenvalue weighted by molar-refractivity contribution is 0.117. The Bertz CT molecular complexity index is 106. The van der Waals surface area contributed by atoms with Crippen molar-refractivity contribution in [3.63, 3.8) is 0 Å². The van der Waals surface area contributed by atoms with Gasteiger partial charge >= 0.3 is 0 Å². The normalized spacial score (nSPS) is 16.9. The Morgan fingerprint density at radius 3 is 2.36 bits per heavy atom. The third-order valence-electron chi connectivity index (χ3n) is 1.55. The lowest BCUT2D eigenvalue weighted by Crippen LogP contribution is -2.54. The van der Waals surface area contributed by atoms with Crippen molar-refractivity contribution in [2.75, 3.05) is 20.3 Å². The minimum absolute atomic E-state index is 0.0804. The lowest BCUT2D eigenvalue weighted by atomic mass is 10.0. The molecule has 0 amide bonds. The standard InChI is InChI=1S/C8H20N2O/c1-7(2)10-8(3,5-9)6-11-4/h7,10H,5-6,9H2,1-4H3. The van der Waals surface area contributed by atoms with Crippen LogP contribution in [-0.4, -0.2) is 31.8 Å². The maximum atomic E-state index is 5.60. The SMILES string of the molecule is COCC(C)(CN)NC(C)C. The van der Waals surface area contributed by atoms with Crippen LogP contribution in [0.25, 0.3) is 0 Å². The first-order chi connectivity index (χ1) is 5.04. The van der Waals surface area contributed by atoms with Crippen LogP contribution in [0.15, 0.2) is 0 Å². The van der Waals surface area contributed by atoms with Gasteiger partial charge in [-0.3, -0.25) is 0 Å². The fourth-order valence-corrected chi connectivity index (χ4v) is 1.18. The zero-order valence-corrected chi connectivity index (χ0v) is 7.98. The second-order valence-corrected chi connectivity index (χ2v) is 3.50. The molecule has 68 valence electrons. The zero-order valence-electron chi connectivity index (χ0n) is 7.98. The average Bonchev–Trinajstić information content (AvgIpc) is 1.87. The number of methoxy groups -OCH3 is 1. The molecule has 3 heteroatoms. The molecule has 0 aliphatic rings. The van der Waals surface area contributed by atoms with Crippen LogP contribution in [0.4, 0.5) is 0 Å². The smallest absolute Gasteiger partial charge is 0.0654 e. The molecule has 0 fully saturated rings. The van der Waals surface area contributed by atoms with E-state index in [0.717, 1.165) is 0 Å². The molecule has 0 bridgehead atoms. The molecule has 11 heavy (non-hydrogen) atoms. The fourth-order valence-electron chi connectivity index (χ4n) is 1.18. The van der Waals surface area contributed by atoms with Crippen molar-refractivity contribution in [3.05, 3.63) is 0 Å². The molecule has 0 aromatic carbocycles. The Kier molecular flexibility index (Phi) is 4.65. The maximum absolute atomic E-state index is 5.60. The van der Waals surface area contributed by atoms with E-state index in [0.29, 0.717) is 19.2 Å². The van der Waals surface area contributed by atoms with Crippen LogP contribution in [0.3, 0.4) is 0 Å². The largest absolute Gasteiger partial charge is 0.383 e. The summed E-state index contributed by atoms with van der Waals surface area (Å²) in [5, 5.41) is 3.36. The van der Waals surface area contributed by atoms with Crippen LogP contribution in [0, 0.1) is 0 Å². The first-order valence-electron chi connectivity index (χ1n) is 4.01. The first kappa shape index (κ1) is 10.9. The molecule has 0 aliphatic carbocycles. The summed E-state index contributed by atoms with van der Waals surface area (Å²) in [6.07, 6.45) is 0.